The molecule has 0 aromatic carbocycles. The van der Waals surface area contributed by atoms with Crippen LogP contribution < -0.4 is 0 Å². The largest absolute Gasteiger partial charge is 0.470 e. The molecule has 0 saturated carbocycles. The number of aromatic nitrogens is 5. The van der Waals surface area contributed by atoms with Crippen LogP contribution in [0.25, 0.3) is 16.8 Å². The predicted octanol–water partition coefficient (Wildman–Crippen LogP) is -3.13. The molecule has 246 valence electrons. The van der Waals surface area contributed by atoms with Gasteiger partial charge in [0, 0.05) is 12.4 Å². The molecule has 5 rings (SSSR count). The molecule has 2 aliphatic rings. The van der Waals surface area contributed by atoms with Gasteiger partial charge in [-0.15, -0.1) is 0 Å². The summed E-state index contributed by atoms with van der Waals surface area (Å²) in [6.45, 7) is -2.01. The molecule has 0 bridgehead atoms. The number of rotatable bonds is 11. The summed E-state index contributed by atoms with van der Waals surface area (Å²) in [5.41, 5.74) is 0.709. The second kappa shape index (κ2) is 12.4. The molecule has 9 N–H and O–H groups in total. The SMILES string of the molecule is O=P(O)(O)O[C@@H]1[C@@H](O)[C@@H](O[C@H]2[C@@H](OP(=O)(O)O)[C@H](n3cnc4c3ncn3ccnc43)O[C@@H]2CO)O[C@H](CO)[C@H]1OP(=O)(O)O. The fourth-order valence-electron chi connectivity index (χ4n) is 4.92. The third-order valence-corrected chi connectivity index (χ3v) is 8.11. The van der Waals surface area contributed by atoms with E-state index in [0.717, 1.165) is 0 Å². The van der Waals surface area contributed by atoms with E-state index in [0.29, 0.717) is 5.65 Å². The van der Waals surface area contributed by atoms with Crippen molar-refractivity contribution in [3.05, 3.63) is 25.0 Å². The molecule has 44 heavy (non-hydrogen) atoms. The van der Waals surface area contributed by atoms with Gasteiger partial charge in [-0.1, -0.05) is 0 Å². The Morgan fingerprint density at radius 3 is 1.95 bits per heavy atom. The lowest BCUT2D eigenvalue weighted by Crippen LogP contribution is -2.61. The number of fused-ring (bicyclic) bond motifs is 3. The average molecular weight is 693 g/mol. The number of nitrogens with zero attached hydrogens (tertiary/aromatic N) is 5. The molecule has 0 radical (unpaired) electrons. The van der Waals surface area contributed by atoms with Crippen LogP contribution in [-0.2, 0) is 41.5 Å². The zero-order valence-corrected chi connectivity index (χ0v) is 24.4. The third-order valence-electron chi connectivity index (χ3n) is 6.55. The lowest BCUT2D eigenvalue weighted by Gasteiger charge is -2.44. The number of aliphatic hydroxyl groups excluding tert-OH is 3. The van der Waals surface area contributed by atoms with E-state index in [1.165, 1.54) is 23.4 Å². The highest BCUT2D eigenvalue weighted by Crippen LogP contribution is 2.49. The normalized spacial score (nSPS) is 32.2. The van der Waals surface area contributed by atoms with E-state index in [9.17, 15) is 58.4 Å². The molecule has 3 aromatic rings. The van der Waals surface area contributed by atoms with E-state index in [4.69, 9.17) is 18.7 Å². The lowest BCUT2D eigenvalue weighted by atomic mass is 9.99. The number of hydrogen-bond acceptors (Lipinski definition) is 15. The maximum Gasteiger partial charge on any atom is 0.470 e. The molecule has 23 nitrogen and oxygen atoms in total. The van der Waals surface area contributed by atoms with Gasteiger partial charge < -0.3 is 58.9 Å². The van der Waals surface area contributed by atoms with E-state index < -0.39 is 91.9 Å². The first kappa shape index (κ1) is 33.5. The van der Waals surface area contributed by atoms with Crippen LogP contribution in [0.15, 0.2) is 25.0 Å². The molecular formula is C18H26N5O18P3. The van der Waals surface area contributed by atoms with E-state index in [1.807, 2.05) is 0 Å². The summed E-state index contributed by atoms with van der Waals surface area (Å²) < 4.78 is 68.7. The smallest absolute Gasteiger partial charge is 0.394 e. The van der Waals surface area contributed by atoms with Gasteiger partial charge in [-0.05, 0) is 0 Å². The Kier molecular flexibility index (Phi) is 9.46. The van der Waals surface area contributed by atoms with Gasteiger partial charge in [0.15, 0.2) is 29.3 Å². The molecule has 0 unspecified atom stereocenters. The summed E-state index contributed by atoms with van der Waals surface area (Å²) in [6, 6.07) is 0. The van der Waals surface area contributed by atoms with Crippen molar-refractivity contribution in [3.63, 3.8) is 0 Å². The Morgan fingerprint density at radius 2 is 1.34 bits per heavy atom. The Bertz CT molecular complexity index is 1620. The first-order chi connectivity index (χ1) is 20.5. The van der Waals surface area contributed by atoms with E-state index >= 15 is 0 Å². The van der Waals surface area contributed by atoms with Gasteiger partial charge >= 0.3 is 23.5 Å². The van der Waals surface area contributed by atoms with Crippen LogP contribution in [0.1, 0.15) is 6.23 Å². The molecule has 3 aromatic heterocycles. The summed E-state index contributed by atoms with van der Waals surface area (Å²) in [6.07, 6.45) is -11.8. The van der Waals surface area contributed by atoms with E-state index in [2.05, 4.69) is 24.0 Å². The van der Waals surface area contributed by atoms with Crippen molar-refractivity contribution in [1.82, 2.24) is 23.9 Å². The van der Waals surface area contributed by atoms with Crippen molar-refractivity contribution in [2.24, 2.45) is 0 Å². The molecule has 2 fully saturated rings. The fourth-order valence-corrected chi connectivity index (χ4v) is 6.60. The molecule has 2 saturated heterocycles. The minimum absolute atomic E-state index is 0.104. The minimum atomic E-state index is -5.51. The molecular weight excluding hydrogens is 667 g/mol. The van der Waals surface area contributed by atoms with Gasteiger partial charge in [0.1, 0.15) is 49.1 Å². The van der Waals surface area contributed by atoms with E-state index in [-0.39, 0.29) is 11.2 Å². The van der Waals surface area contributed by atoms with Crippen LogP contribution in [0.3, 0.4) is 0 Å². The van der Waals surface area contributed by atoms with Gasteiger partial charge in [0.25, 0.3) is 0 Å². The van der Waals surface area contributed by atoms with Gasteiger partial charge in [-0.25, -0.2) is 28.6 Å². The van der Waals surface area contributed by atoms with Crippen LogP contribution in [-0.4, -0.2) is 131 Å². The Morgan fingerprint density at radius 1 is 0.750 bits per heavy atom. The maximum atomic E-state index is 12.0. The molecule has 0 amide bonds. The molecule has 2 aliphatic heterocycles. The standard InChI is InChI=1S/C18H26N5O18P3/c24-3-7-11(38-18-10(26)13(40-43(30,31)32)12(8(4-25)37-18)39-42(27,28)29)14(41-44(33,34)35)17(36-7)23-6-20-9-15-19-1-2-22(15)5-21-16(9)23/h1-2,5-8,10-14,17-18,24-26H,3-4H2,(H2,27,28,29)(H2,30,31,32)(H2,33,34,35)/t7-,8-,10-,11-,12-,13-,14-,17-,18-/m1/s1. The number of hydrogen-bond donors (Lipinski definition) is 9. The second-order valence-electron chi connectivity index (χ2n) is 9.47. The molecule has 26 heteroatoms. The number of ether oxygens (including phenoxy) is 3. The zero-order valence-electron chi connectivity index (χ0n) is 21.7. The van der Waals surface area contributed by atoms with Gasteiger partial charge in [-0.3, -0.25) is 22.5 Å². The molecule has 5 heterocycles. The van der Waals surface area contributed by atoms with Crippen molar-refractivity contribution < 1.29 is 86.2 Å². The highest BCUT2D eigenvalue weighted by atomic mass is 31.2. The minimum Gasteiger partial charge on any atom is -0.394 e. The first-order valence-corrected chi connectivity index (χ1v) is 16.8. The predicted molar refractivity (Wildman–Crippen MR) is 135 cm³/mol. The summed E-state index contributed by atoms with van der Waals surface area (Å²) in [5.74, 6) is 0. The molecule has 0 spiro atoms. The highest BCUT2D eigenvalue weighted by molar-refractivity contribution is 7.46. The highest BCUT2D eigenvalue weighted by Gasteiger charge is 2.56. The van der Waals surface area contributed by atoms with Crippen LogP contribution >= 0.6 is 23.5 Å². The number of imidazole rings is 2. The number of phosphoric acid groups is 3. The molecule has 0 aliphatic carbocycles. The second-order valence-corrected chi connectivity index (χ2v) is 13.0. The zero-order chi connectivity index (χ0) is 32.2. The quantitative estimate of drug-likeness (QED) is 0.0896. The van der Waals surface area contributed by atoms with Crippen molar-refractivity contribution in [2.75, 3.05) is 13.2 Å². The van der Waals surface area contributed by atoms with Gasteiger partial charge in [0.05, 0.1) is 19.5 Å². The van der Waals surface area contributed by atoms with Crippen LogP contribution in [0, 0.1) is 0 Å². The van der Waals surface area contributed by atoms with Crippen molar-refractivity contribution in [1.29, 1.82) is 0 Å². The topological polar surface area (TPSA) is 337 Å². The number of phosphoric ester groups is 3. The van der Waals surface area contributed by atoms with Crippen LogP contribution in [0.2, 0.25) is 0 Å². The Hall–Kier alpha value is -1.82. The summed E-state index contributed by atoms with van der Waals surface area (Å²) in [5, 5.41) is 30.8. The summed E-state index contributed by atoms with van der Waals surface area (Å²) in [7, 11) is -16.3. The van der Waals surface area contributed by atoms with Gasteiger partial charge in [-0.2, -0.15) is 0 Å². The van der Waals surface area contributed by atoms with Crippen LogP contribution in [0.5, 0.6) is 0 Å². The number of aliphatic hydroxyl groups is 3. The average Bonchev–Trinajstić information content (AvgIpc) is 3.62. The first-order valence-electron chi connectivity index (χ1n) is 12.2. The van der Waals surface area contributed by atoms with Crippen molar-refractivity contribution >= 4 is 40.3 Å². The Balaban J connectivity index is 1.50. The maximum absolute atomic E-state index is 12.0. The summed E-state index contributed by atoms with van der Waals surface area (Å²) >= 11 is 0. The summed E-state index contributed by atoms with van der Waals surface area (Å²) in [4.78, 5) is 69.3. The van der Waals surface area contributed by atoms with Crippen molar-refractivity contribution in [3.8, 4) is 0 Å². The Labute approximate surface area is 244 Å². The monoisotopic (exact) mass is 693 g/mol. The fraction of sp³-hybridized carbons (Fsp3) is 0.611. The lowest BCUT2D eigenvalue weighted by molar-refractivity contribution is -0.313. The van der Waals surface area contributed by atoms with Crippen molar-refractivity contribution in [2.45, 2.75) is 55.2 Å². The van der Waals surface area contributed by atoms with Crippen LogP contribution in [0.4, 0.5) is 0 Å². The third kappa shape index (κ3) is 7.10. The van der Waals surface area contributed by atoms with Gasteiger partial charge in [0.2, 0.25) is 0 Å². The molecule has 9 atom stereocenters. The van der Waals surface area contributed by atoms with E-state index in [1.54, 1.807) is 10.6 Å².